The van der Waals surface area contributed by atoms with Crippen LogP contribution in [0.15, 0.2) is 11.4 Å². The van der Waals surface area contributed by atoms with E-state index < -0.39 is 0 Å². The predicted molar refractivity (Wildman–Crippen MR) is 31.1 cm³/mol. The van der Waals surface area contributed by atoms with Crippen molar-refractivity contribution in [2.75, 3.05) is 0 Å². The molecular weight excluding hydrogens is 104 g/mol. The van der Waals surface area contributed by atoms with Crippen LogP contribution in [0, 0.1) is 13.8 Å². The van der Waals surface area contributed by atoms with E-state index in [0.717, 1.165) is 0 Å². The lowest BCUT2D eigenvalue weighted by molar-refractivity contribution is 1.71. The first-order valence-corrected chi connectivity index (χ1v) is 2.77. The molecule has 34 valence electrons. The van der Waals surface area contributed by atoms with Crippen LogP contribution in [0.1, 0.15) is 10.4 Å². The topological polar surface area (TPSA) is 0 Å². The van der Waals surface area contributed by atoms with Crippen LogP contribution < -0.4 is 0 Å². The third-order valence-electron chi connectivity index (χ3n) is 0.727. The molecule has 0 saturated heterocycles. The normalized spacial score (nSPS) is 9.43. The van der Waals surface area contributed by atoms with Crippen molar-refractivity contribution in [2.24, 2.45) is 0 Å². The van der Waals surface area contributed by atoms with Gasteiger partial charge in [-0.3, -0.25) is 0 Å². The molecule has 0 aliphatic rings. The molecule has 0 atom stereocenters. The van der Waals surface area contributed by atoms with Crippen molar-refractivity contribution in [1.82, 2.24) is 0 Å². The Kier molecular flexibility index (Phi) is 1.15. The summed E-state index contributed by atoms with van der Waals surface area (Å²) >= 11 is 1.46. The van der Waals surface area contributed by atoms with Gasteiger partial charge in [-0.25, -0.2) is 0 Å². The van der Waals surface area contributed by atoms with Crippen LogP contribution in [0.5, 0.6) is 0 Å². The summed E-state index contributed by atoms with van der Waals surface area (Å²) in [5, 5.41) is 1.87. The summed E-state index contributed by atoms with van der Waals surface area (Å²) in [5.41, 5.74) is 0.685. The Hall–Kier alpha value is -0.300. The van der Waals surface area contributed by atoms with Gasteiger partial charge in [-0.1, -0.05) is 0 Å². The molecule has 0 fully saturated rings. The van der Waals surface area contributed by atoms with E-state index in [1.165, 1.54) is 11.3 Å². The van der Waals surface area contributed by atoms with Gasteiger partial charge in [-0.05, 0) is 23.9 Å². The maximum absolute atomic E-state index is 5.33. The van der Waals surface area contributed by atoms with Crippen LogP contribution >= 0.6 is 11.3 Å². The van der Waals surface area contributed by atoms with E-state index in [0.29, 0.717) is 10.4 Å². The third kappa shape index (κ3) is 0.829. The second kappa shape index (κ2) is 1.66. The highest BCUT2D eigenvalue weighted by atomic mass is 32.1. The minimum absolute atomic E-state index is 0.685. The Morgan fingerprint density at radius 1 is 1.43 bits per heavy atom. The predicted octanol–water partition coefficient (Wildman–Crippen LogP) is 1.87. The summed E-state index contributed by atoms with van der Waals surface area (Å²) < 4.78 is 0. The van der Waals surface area contributed by atoms with Crippen LogP contribution in [0.2, 0.25) is 0 Å². The fraction of sp³-hybridized carbons (Fsp3) is 0. The number of thiophene rings is 1. The summed E-state index contributed by atoms with van der Waals surface area (Å²) in [6.45, 7) is 10.7. The molecular formula is C6H4S. The van der Waals surface area contributed by atoms with Crippen LogP contribution in [-0.2, 0) is 0 Å². The molecule has 7 heavy (non-hydrogen) atoms. The van der Waals surface area contributed by atoms with Gasteiger partial charge in [0.1, 0.15) is 0 Å². The zero-order valence-electron chi connectivity index (χ0n) is 3.72. The van der Waals surface area contributed by atoms with Crippen molar-refractivity contribution in [2.45, 2.75) is 0 Å². The molecule has 1 aromatic heterocycles. The van der Waals surface area contributed by atoms with Crippen LogP contribution in [0.3, 0.4) is 0 Å². The van der Waals surface area contributed by atoms with Crippen molar-refractivity contribution in [3.05, 3.63) is 35.7 Å². The maximum Gasteiger partial charge on any atom is 0.0125 e. The Morgan fingerprint density at radius 3 is 2.29 bits per heavy atom. The van der Waals surface area contributed by atoms with Gasteiger partial charge in [0.2, 0.25) is 0 Å². The van der Waals surface area contributed by atoms with Crippen molar-refractivity contribution in [1.29, 1.82) is 0 Å². The van der Waals surface area contributed by atoms with Crippen LogP contribution in [-0.4, -0.2) is 0 Å². The van der Waals surface area contributed by atoms with Crippen molar-refractivity contribution >= 4 is 11.3 Å². The van der Waals surface area contributed by atoms with E-state index in [-0.39, 0.29) is 0 Å². The van der Waals surface area contributed by atoms with Gasteiger partial charge in [-0.2, -0.15) is 0 Å². The fourth-order valence-corrected chi connectivity index (χ4v) is 0.896. The lowest BCUT2D eigenvalue weighted by Gasteiger charge is -1.78. The molecule has 0 aliphatic carbocycles. The van der Waals surface area contributed by atoms with Gasteiger partial charge >= 0.3 is 0 Å². The Bertz CT molecular complexity index is 136. The summed E-state index contributed by atoms with van der Waals surface area (Å²) in [5.74, 6) is 0. The highest BCUT2D eigenvalue weighted by Gasteiger charge is 1.88. The number of hydrogen-bond donors (Lipinski definition) is 0. The second-order valence-corrected chi connectivity index (χ2v) is 2.19. The molecule has 0 bridgehead atoms. The summed E-state index contributed by atoms with van der Waals surface area (Å²) in [4.78, 5) is 0.708. The van der Waals surface area contributed by atoms with Crippen LogP contribution in [0.4, 0.5) is 0 Å². The van der Waals surface area contributed by atoms with Gasteiger partial charge in [0, 0.05) is 11.8 Å². The van der Waals surface area contributed by atoms with E-state index in [1.54, 1.807) is 6.07 Å². The lowest BCUT2D eigenvalue weighted by Crippen LogP contribution is -1.61. The highest BCUT2D eigenvalue weighted by Crippen LogP contribution is 2.11. The fourth-order valence-electron chi connectivity index (χ4n) is 0.331. The van der Waals surface area contributed by atoms with Crippen molar-refractivity contribution in [3.63, 3.8) is 0 Å². The van der Waals surface area contributed by atoms with E-state index in [4.69, 9.17) is 13.8 Å². The molecule has 0 aliphatic heterocycles. The van der Waals surface area contributed by atoms with E-state index >= 15 is 0 Å². The molecule has 1 rings (SSSR count). The van der Waals surface area contributed by atoms with Crippen molar-refractivity contribution < 1.29 is 0 Å². The standard InChI is InChI=1S/C6H4S/c1-5-3-4-7-6(5)2/h1-4H. The highest BCUT2D eigenvalue weighted by molar-refractivity contribution is 7.10. The van der Waals surface area contributed by atoms with Gasteiger partial charge in [0.05, 0.1) is 0 Å². The van der Waals surface area contributed by atoms with Gasteiger partial charge in [0.15, 0.2) is 0 Å². The quantitative estimate of drug-likeness (QED) is 0.476. The zero-order valence-corrected chi connectivity index (χ0v) is 4.53. The molecule has 0 nitrogen and oxygen atoms in total. The Balaban J connectivity index is 3.12. The molecule has 0 aromatic carbocycles. The van der Waals surface area contributed by atoms with E-state index in [2.05, 4.69) is 0 Å². The zero-order chi connectivity index (χ0) is 5.28. The van der Waals surface area contributed by atoms with E-state index in [1.807, 2.05) is 5.38 Å². The van der Waals surface area contributed by atoms with Gasteiger partial charge < -0.3 is 0 Å². The molecule has 0 unspecified atom stereocenters. The lowest BCUT2D eigenvalue weighted by atomic mass is 10.3. The summed E-state index contributed by atoms with van der Waals surface area (Å²) in [7, 11) is 0. The van der Waals surface area contributed by atoms with Gasteiger partial charge in [0.25, 0.3) is 0 Å². The Morgan fingerprint density at radius 2 is 2.14 bits per heavy atom. The molecule has 0 spiro atoms. The average molecular weight is 108 g/mol. The SMILES string of the molecule is [CH]c1ccsc1[CH]. The third-order valence-corrected chi connectivity index (χ3v) is 1.49. The summed E-state index contributed by atoms with van der Waals surface area (Å²) in [6.07, 6.45) is 0. The molecule has 1 heteroatoms. The first-order chi connectivity index (χ1) is 3.30. The van der Waals surface area contributed by atoms with Gasteiger partial charge in [-0.15, -0.1) is 11.3 Å². The largest absolute Gasteiger partial charge is 0.148 e. The van der Waals surface area contributed by atoms with Crippen LogP contribution in [0.25, 0.3) is 0 Å². The Labute approximate surface area is 47.8 Å². The molecule has 4 radical (unpaired) electrons. The molecule has 0 N–H and O–H groups in total. The molecule has 1 aromatic rings. The maximum atomic E-state index is 5.33. The minimum Gasteiger partial charge on any atom is -0.148 e. The number of rotatable bonds is 0. The van der Waals surface area contributed by atoms with E-state index in [9.17, 15) is 0 Å². The second-order valence-electron chi connectivity index (χ2n) is 1.24. The molecule has 0 amide bonds. The van der Waals surface area contributed by atoms with Crippen molar-refractivity contribution in [3.8, 4) is 0 Å². The first-order valence-electron chi connectivity index (χ1n) is 1.89. The summed E-state index contributed by atoms with van der Waals surface area (Å²) in [6, 6.07) is 1.79. The molecule has 0 saturated carbocycles. The monoisotopic (exact) mass is 108 g/mol. The minimum atomic E-state index is 0.685. The average Bonchev–Trinajstić information content (AvgIpc) is 1.91. The number of hydrogen-bond acceptors (Lipinski definition) is 1. The first kappa shape index (κ1) is 4.85. The molecule has 1 heterocycles. The smallest absolute Gasteiger partial charge is 0.0125 e.